The van der Waals surface area contributed by atoms with Crippen molar-refractivity contribution in [3.05, 3.63) is 95.3 Å². The standard InChI is InChI=1S/C23H25F2N3/c1-26-12-2-3-22(26)17-27-13-15-28(16-14-27)23(18-4-8-20(24)9-5-18)19-6-10-21(25)11-7-19/h2-12,23H,13-17H2,1H3. The fourth-order valence-electron chi connectivity index (χ4n) is 3.97. The summed E-state index contributed by atoms with van der Waals surface area (Å²) in [7, 11) is 2.07. The Kier molecular flexibility index (Phi) is 5.55. The van der Waals surface area contributed by atoms with Gasteiger partial charge in [-0.25, -0.2) is 8.78 Å². The molecule has 0 saturated carbocycles. The smallest absolute Gasteiger partial charge is 0.123 e. The molecule has 4 rings (SSSR count). The molecule has 0 spiro atoms. The minimum absolute atomic E-state index is 0.00149. The van der Waals surface area contributed by atoms with Gasteiger partial charge >= 0.3 is 0 Å². The minimum atomic E-state index is -0.242. The zero-order valence-corrected chi connectivity index (χ0v) is 16.1. The van der Waals surface area contributed by atoms with E-state index >= 15 is 0 Å². The van der Waals surface area contributed by atoms with Crippen molar-refractivity contribution in [1.82, 2.24) is 14.4 Å². The molecule has 0 N–H and O–H groups in total. The Bertz CT molecular complexity index is 849. The second-order valence-corrected chi connectivity index (χ2v) is 7.43. The summed E-state index contributed by atoms with van der Waals surface area (Å²) < 4.78 is 29.0. The molecule has 0 amide bonds. The number of aromatic nitrogens is 1. The van der Waals surface area contributed by atoms with Crippen LogP contribution in [0.4, 0.5) is 8.78 Å². The van der Waals surface area contributed by atoms with Crippen molar-refractivity contribution in [2.24, 2.45) is 7.05 Å². The van der Waals surface area contributed by atoms with Crippen molar-refractivity contribution >= 4 is 0 Å². The van der Waals surface area contributed by atoms with Gasteiger partial charge in [-0.15, -0.1) is 0 Å². The van der Waals surface area contributed by atoms with Crippen LogP contribution in [0.5, 0.6) is 0 Å². The van der Waals surface area contributed by atoms with Gasteiger partial charge in [0.05, 0.1) is 6.04 Å². The Morgan fingerprint density at radius 3 is 1.79 bits per heavy atom. The molecule has 146 valence electrons. The molecule has 1 saturated heterocycles. The normalized spacial score (nSPS) is 16.0. The molecule has 3 aromatic rings. The van der Waals surface area contributed by atoms with E-state index in [0.717, 1.165) is 43.9 Å². The van der Waals surface area contributed by atoms with Gasteiger partial charge in [-0.05, 0) is 47.5 Å². The van der Waals surface area contributed by atoms with Crippen LogP contribution in [0.25, 0.3) is 0 Å². The monoisotopic (exact) mass is 381 g/mol. The van der Waals surface area contributed by atoms with E-state index in [1.807, 2.05) is 24.3 Å². The fraction of sp³-hybridized carbons (Fsp3) is 0.304. The summed E-state index contributed by atoms with van der Waals surface area (Å²) in [6.07, 6.45) is 2.07. The Morgan fingerprint density at radius 1 is 0.786 bits per heavy atom. The van der Waals surface area contributed by atoms with Crippen LogP contribution in [0.1, 0.15) is 22.9 Å². The van der Waals surface area contributed by atoms with Gasteiger partial charge in [0.2, 0.25) is 0 Å². The molecule has 0 atom stereocenters. The van der Waals surface area contributed by atoms with Gasteiger partial charge in [0, 0.05) is 51.7 Å². The Labute approximate surface area is 164 Å². The summed E-state index contributed by atoms with van der Waals surface area (Å²) in [6.45, 7) is 4.68. The molecule has 1 aliphatic rings. The van der Waals surface area contributed by atoms with Gasteiger partial charge in [-0.2, -0.15) is 0 Å². The van der Waals surface area contributed by atoms with Crippen molar-refractivity contribution in [2.75, 3.05) is 26.2 Å². The zero-order chi connectivity index (χ0) is 19.5. The number of piperazine rings is 1. The van der Waals surface area contributed by atoms with Crippen LogP contribution in [0.2, 0.25) is 0 Å². The molecule has 0 radical (unpaired) electrons. The van der Waals surface area contributed by atoms with Crippen LogP contribution in [0.3, 0.4) is 0 Å². The van der Waals surface area contributed by atoms with Gasteiger partial charge in [0.15, 0.2) is 0 Å². The van der Waals surface area contributed by atoms with Crippen LogP contribution in [-0.2, 0) is 13.6 Å². The first-order chi connectivity index (χ1) is 13.6. The summed E-state index contributed by atoms with van der Waals surface area (Å²) in [4.78, 5) is 4.86. The number of benzene rings is 2. The zero-order valence-electron chi connectivity index (χ0n) is 16.1. The maximum Gasteiger partial charge on any atom is 0.123 e. The molecule has 28 heavy (non-hydrogen) atoms. The van der Waals surface area contributed by atoms with E-state index in [2.05, 4.69) is 39.7 Å². The number of aryl methyl sites for hydroxylation is 1. The second-order valence-electron chi connectivity index (χ2n) is 7.43. The lowest BCUT2D eigenvalue weighted by Crippen LogP contribution is -2.47. The van der Waals surface area contributed by atoms with E-state index in [9.17, 15) is 8.78 Å². The van der Waals surface area contributed by atoms with Crippen LogP contribution in [0.15, 0.2) is 66.9 Å². The van der Waals surface area contributed by atoms with E-state index < -0.39 is 0 Å². The number of hydrogen-bond acceptors (Lipinski definition) is 2. The van der Waals surface area contributed by atoms with Crippen molar-refractivity contribution in [3.63, 3.8) is 0 Å². The number of rotatable bonds is 5. The first kappa shape index (κ1) is 18.8. The molecule has 0 unspecified atom stereocenters. The molecule has 2 aromatic carbocycles. The third kappa shape index (κ3) is 4.16. The van der Waals surface area contributed by atoms with Gasteiger partial charge < -0.3 is 4.57 Å². The predicted molar refractivity (Wildman–Crippen MR) is 107 cm³/mol. The Balaban J connectivity index is 1.52. The number of halogens is 2. The maximum absolute atomic E-state index is 13.4. The average molecular weight is 381 g/mol. The SMILES string of the molecule is Cn1cccc1CN1CCN(C(c2ccc(F)cc2)c2ccc(F)cc2)CC1. The summed E-state index contributed by atoms with van der Waals surface area (Å²) >= 11 is 0. The maximum atomic E-state index is 13.4. The first-order valence-electron chi connectivity index (χ1n) is 9.68. The molecular formula is C23H25F2N3. The van der Waals surface area contributed by atoms with E-state index in [0.29, 0.717) is 0 Å². The van der Waals surface area contributed by atoms with Crippen molar-refractivity contribution < 1.29 is 8.78 Å². The fourth-order valence-corrected chi connectivity index (χ4v) is 3.97. The molecule has 1 aromatic heterocycles. The van der Waals surface area contributed by atoms with Crippen LogP contribution in [0, 0.1) is 11.6 Å². The molecule has 1 fully saturated rings. The van der Waals surface area contributed by atoms with E-state index in [-0.39, 0.29) is 17.7 Å². The Morgan fingerprint density at radius 2 is 1.32 bits per heavy atom. The topological polar surface area (TPSA) is 11.4 Å². The van der Waals surface area contributed by atoms with Crippen molar-refractivity contribution in [1.29, 1.82) is 0 Å². The van der Waals surface area contributed by atoms with Crippen molar-refractivity contribution in [2.45, 2.75) is 12.6 Å². The van der Waals surface area contributed by atoms with Crippen LogP contribution in [-0.4, -0.2) is 40.5 Å². The van der Waals surface area contributed by atoms with Gasteiger partial charge in [0.1, 0.15) is 11.6 Å². The highest BCUT2D eigenvalue weighted by Gasteiger charge is 2.26. The van der Waals surface area contributed by atoms with Crippen molar-refractivity contribution in [3.8, 4) is 0 Å². The third-order valence-electron chi connectivity index (χ3n) is 5.58. The lowest BCUT2D eigenvalue weighted by atomic mass is 9.96. The summed E-state index contributed by atoms with van der Waals surface area (Å²) in [5.41, 5.74) is 3.37. The molecule has 2 heterocycles. The van der Waals surface area contributed by atoms with E-state index in [4.69, 9.17) is 0 Å². The highest BCUT2D eigenvalue weighted by atomic mass is 19.1. The quantitative estimate of drug-likeness (QED) is 0.656. The number of hydrogen-bond donors (Lipinski definition) is 0. The molecule has 3 nitrogen and oxygen atoms in total. The third-order valence-corrected chi connectivity index (χ3v) is 5.58. The van der Waals surface area contributed by atoms with Gasteiger partial charge in [-0.1, -0.05) is 24.3 Å². The largest absolute Gasteiger partial charge is 0.353 e. The van der Waals surface area contributed by atoms with E-state index in [1.54, 1.807) is 0 Å². The lowest BCUT2D eigenvalue weighted by molar-refractivity contribution is 0.103. The van der Waals surface area contributed by atoms with Gasteiger partial charge in [-0.3, -0.25) is 9.80 Å². The molecule has 1 aliphatic heterocycles. The lowest BCUT2D eigenvalue weighted by Gasteiger charge is -2.39. The molecule has 5 heteroatoms. The number of nitrogens with zero attached hydrogens (tertiary/aromatic N) is 3. The summed E-state index contributed by atoms with van der Waals surface area (Å²) in [5.74, 6) is -0.483. The highest BCUT2D eigenvalue weighted by Crippen LogP contribution is 2.30. The first-order valence-corrected chi connectivity index (χ1v) is 9.68. The predicted octanol–water partition coefficient (Wildman–Crippen LogP) is 4.21. The van der Waals surface area contributed by atoms with E-state index in [1.165, 1.54) is 30.0 Å². The Hall–Kier alpha value is -2.50. The second kappa shape index (κ2) is 8.25. The molecular weight excluding hydrogens is 356 g/mol. The van der Waals surface area contributed by atoms with Crippen LogP contribution < -0.4 is 0 Å². The molecule has 0 bridgehead atoms. The van der Waals surface area contributed by atoms with Crippen LogP contribution >= 0.6 is 0 Å². The van der Waals surface area contributed by atoms with Gasteiger partial charge in [0.25, 0.3) is 0 Å². The summed E-state index contributed by atoms with van der Waals surface area (Å²) in [5, 5.41) is 0. The minimum Gasteiger partial charge on any atom is -0.353 e. The average Bonchev–Trinajstić information content (AvgIpc) is 3.11. The summed E-state index contributed by atoms with van der Waals surface area (Å²) in [6, 6.07) is 17.6. The highest BCUT2D eigenvalue weighted by molar-refractivity contribution is 5.32. The molecule has 0 aliphatic carbocycles.